The van der Waals surface area contributed by atoms with Gasteiger partial charge in [-0.25, -0.2) is 9.59 Å². The number of aromatic nitrogens is 1. The molecule has 0 aliphatic carbocycles. The molecule has 0 aliphatic heterocycles. The number of Topliss-reactive ketones (excluding diaryl/α,β-unsaturated/α-hetero) is 1. The minimum atomic E-state index is -0.632. The van der Waals surface area contributed by atoms with E-state index >= 15 is 0 Å². The lowest BCUT2D eigenvalue weighted by molar-refractivity contribution is -0.136. The van der Waals surface area contributed by atoms with Gasteiger partial charge in [0, 0.05) is 17.5 Å². The van der Waals surface area contributed by atoms with Crippen LogP contribution in [-0.2, 0) is 14.3 Å². The van der Waals surface area contributed by atoms with Crippen LogP contribution in [-0.4, -0.2) is 35.9 Å². The predicted octanol–water partition coefficient (Wildman–Crippen LogP) is 3.56. The maximum atomic E-state index is 12.5. The van der Waals surface area contributed by atoms with E-state index in [4.69, 9.17) is 9.47 Å². The maximum absolute atomic E-state index is 12.5. The molecule has 0 atom stereocenters. The van der Waals surface area contributed by atoms with Gasteiger partial charge in [-0.3, -0.25) is 4.79 Å². The molecule has 6 nitrogen and oxygen atoms in total. The van der Waals surface area contributed by atoms with Crippen molar-refractivity contribution >= 4 is 23.8 Å². The minimum absolute atomic E-state index is 0.186. The van der Waals surface area contributed by atoms with Crippen molar-refractivity contribution in [2.75, 3.05) is 13.2 Å². The van der Waals surface area contributed by atoms with Gasteiger partial charge in [-0.2, -0.15) is 0 Å². The third-order valence-electron chi connectivity index (χ3n) is 3.93. The summed E-state index contributed by atoms with van der Waals surface area (Å²) in [4.78, 5) is 39.5. The number of aryl methyl sites for hydroxylation is 3. The number of hydrogen-bond donors (Lipinski definition) is 1. The highest BCUT2D eigenvalue weighted by atomic mass is 16.5. The van der Waals surface area contributed by atoms with Gasteiger partial charge in [-0.05, 0) is 39.3 Å². The molecule has 1 heterocycles. The molecule has 0 radical (unpaired) electrons. The maximum Gasteiger partial charge on any atom is 0.340 e. The van der Waals surface area contributed by atoms with Gasteiger partial charge in [-0.1, -0.05) is 29.8 Å². The second-order valence-corrected chi connectivity index (χ2v) is 6.12. The number of rotatable bonds is 7. The van der Waals surface area contributed by atoms with Crippen LogP contribution in [0.5, 0.6) is 0 Å². The molecule has 1 N–H and O–H groups in total. The number of esters is 2. The average molecular weight is 369 g/mol. The van der Waals surface area contributed by atoms with Crippen molar-refractivity contribution in [1.82, 2.24) is 4.98 Å². The van der Waals surface area contributed by atoms with Crippen LogP contribution in [0.25, 0.3) is 6.08 Å². The summed E-state index contributed by atoms with van der Waals surface area (Å²) in [6.45, 7) is 6.76. The zero-order valence-electron chi connectivity index (χ0n) is 15.9. The Balaban J connectivity index is 2.05. The van der Waals surface area contributed by atoms with E-state index in [-0.39, 0.29) is 17.7 Å². The SMILES string of the molecule is CCOC(=O)c1c(C)[nH]c(C)c1C(=O)COC(=O)/C=C/c1cccc(C)c1. The number of benzene rings is 1. The molecule has 27 heavy (non-hydrogen) atoms. The number of carbonyl (C=O) groups excluding carboxylic acids is 3. The van der Waals surface area contributed by atoms with Crippen LogP contribution in [0.2, 0.25) is 0 Å². The molecule has 142 valence electrons. The van der Waals surface area contributed by atoms with Crippen LogP contribution in [0.1, 0.15) is 50.2 Å². The van der Waals surface area contributed by atoms with E-state index < -0.39 is 24.3 Å². The Labute approximate surface area is 158 Å². The van der Waals surface area contributed by atoms with Crippen LogP contribution in [0.15, 0.2) is 30.3 Å². The Morgan fingerprint density at radius 2 is 1.74 bits per heavy atom. The van der Waals surface area contributed by atoms with Crippen LogP contribution in [0.3, 0.4) is 0 Å². The highest BCUT2D eigenvalue weighted by Crippen LogP contribution is 2.20. The summed E-state index contributed by atoms with van der Waals surface area (Å²) >= 11 is 0. The third kappa shape index (κ3) is 5.17. The Morgan fingerprint density at radius 3 is 2.41 bits per heavy atom. The molecule has 2 rings (SSSR count). The number of ether oxygens (including phenoxy) is 2. The molecular weight excluding hydrogens is 346 g/mol. The zero-order valence-corrected chi connectivity index (χ0v) is 15.9. The van der Waals surface area contributed by atoms with Crippen LogP contribution in [0, 0.1) is 20.8 Å². The Kier molecular flexibility index (Phi) is 6.71. The lowest BCUT2D eigenvalue weighted by atomic mass is 10.1. The first-order valence-electron chi connectivity index (χ1n) is 8.64. The van der Waals surface area contributed by atoms with Crippen molar-refractivity contribution in [1.29, 1.82) is 0 Å². The van der Waals surface area contributed by atoms with Gasteiger partial charge in [0.05, 0.1) is 17.7 Å². The summed E-state index contributed by atoms with van der Waals surface area (Å²) in [6.07, 6.45) is 2.89. The van der Waals surface area contributed by atoms with Gasteiger partial charge >= 0.3 is 11.9 Å². The molecule has 2 aromatic rings. The summed E-state index contributed by atoms with van der Waals surface area (Å²) < 4.78 is 10.0. The zero-order chi connectivity index (χ0) is 20.0. The summed E-state index contributed by atoms with van der Waals surface area (Å²) in [5.74, 6) is -1.67. The molecule has 0 bridgehead atoms. The minimum Gasteiger partial charge on any atom is -0.462 e. The monoisotopic (exact) mass is 369 g/mol. The van der Waals surface area contributed by atoms with E-state index in [9.17, 15) is 14.4 Å². The summed E-state index contributed by atoms with van der Waals surface area (Å²) in [5.41, 5.74) is 3.39. The second kappa shape index (κ2) is 8.98. The standard InChI is InChI=1S/C21H23NO5/c1-5-26-21(25)20-15(4)22-14(3)19(20)17(23)12-27-18(24)10-9-16-8-6-7-13(2)11-16/h6-11,22H,5,12H2,1-4H3/b10-9+. The Morgan fingerprint density at radius 1 is 1.04 bits per heavy atom. The normalized spacial score (nSPS) is 10.8. The molecule has 0 fully saturated rings. The number of nitrogens with one attached hydrogen (secondary N) is 1. The van der Waals surface area contributed by atoms with Crippen LogP contribution >= 0.6 is 0 Å². The molecule has 0 saturated heterocycles. The van der Waals surface area contributed by atoms with E-state index in [0.29, 0.717) is 11.4 Å². The first kappa shape index (κ1) is 20.2. The molecule has 6 heteroatoms. The molecule has 1 aromatic carbocycles. The van der Waals surface area contributed by atoms with E-state index in [2.05, 4.69) is 4.98 Å². The smallest absolute Gasteiger partial charge is 0.340 e. The largest absolute Gasteiger partial charge is 0.462 e. The highest BCUT2D eigenvalue weighted by Gasteiger charge is 2.25. The van der Waals surface area contributed by atoms with Gasteiger partial charge < -0.3 is 14.5 Å². The fourth-order valence-corrected chi connectivity index (χ4v) is 2.78. The first-order chi connectivity index (χ1) is 12.8. The summed E-state index contributed by atoms with van der Waals surface area (Å²) in [7, 11) is 0. The number of H-pyrrole nitrogens is 1. The highest BCUT2D eigenvalue weighted by molar-refractivity contribution is 6.09. The van der Waals surface area contributed by atoms with E-state index in [1.165, 1.54) is 6.08 Å². The quantitative estimate of drug-likeness (QED) is 0.458. The van der Waals surface area contributed by atoms with Crippen molar-refractivity contribution in [3.05, 3.63) is 64.0 Å². The predicted molar refractivity (Wildman–Crippen MR) is 102 cm³/mol. The van der Waals surface area contributed by atoms with E-state index in [1.807, 2.05) is 31.2 Å². The van der Waals surface area contributed by atoms with E-state index in [0.717, 1.165) is 11.1 Å². The van der Waals surface area contributed by atoms with Crippen molar-refractivity contribution in [2.24, 2.45) is 0 Å². The van der Waals surface area contributed by atoms with Crippen molar-refractivity contribution < 1.29 is 23.9 Å². The molecule has 0 aliphatic rings. The first-order valence-corrected chi connectivity index (χ1v) is 8.64. The van der Waals surface area contributed by atoms with Gasteiger partial charge in [0.25, 0.3) is 0 Å². The third-order valence-corrected chi connectivity index (χ3v) is 3.93. The van der Waals surface area contributed by atoms with Crippen LogP contribution < -0.4 is 0 Å². The lowest BCUT2D eigenvalue weighted by Crippen LogP contribution is -2.17. The number of aromatic amines is 1. The van der Waals surface area contributed by atoms with Gasteiger partial charge in [-0.15, -0.1) is 0 Å². The average Bonchev–Trinajstić information content (AvgIpc) is 2.92. The van der Waals surface area contributed by atoms with Gasteiger partial charge in [0.2, 0.25) is 5.78 Å². The van der Waals surface area contributed by atoms with Crippen molar-refractivity contribution in [2.45, 2.75) is 27.7 Å². The number of ketones is 1. The number of hydrogen-bond acceptors (Lipinski definition) is 5. The summed E-state index contributed by atoms with van der Waals surface area (Å²) in [6, 6.07) is 7.63. The fourth-order valence-electron chi connectivity index (χ4n) is 2.78. The Bertz CT molecular complexity index is 892. The van der Waals surface area contributed by atoms with Gasteiger partial charge in [0.1, 0.15) is 0 Å². The molecule has 0 saturated carbocycles. The Hall–Kier alpha value is -3.15. The topological polar surface area (TPSA) is 85.5 Å². The second-order valence-electron chi connectivity index (χ2n) is 6.12. The van der Waals surface area contributed by atoms with Crippen LogP contribution in [0.4, 0.5) is 0 Å². The molecule has 0 amide bonds. The lowest BCUT2D eigenvalue weighted by Gasteiger charge is -2.06. The fraction of sp³-hybridized carbons (Fsp3) is 0.286. The van der Waals surface area contributed by atoms with Crippen molar-refractivity contribution in [3.63, 3.8) is 0 Å². The molecule has 0 unspecified atom stereocenters. The molecular formula is C21H23NO5. The molecule has 1 aromatic heterocycles. The molecule has 0 spiro atoms. The number of carbonyl (C=O) groups is 3. The van der Waals surface area contributed by atoms with Gasteiger partial charge in [0.15, 0.2) is 6.61 Å². The van der Waals surface area contributed by atoms with E-state index in [1.54, 1.807) is 26.8 Å². The summed E-state index contributed by atoms with van der Waals surface area (Å²) in [5, 5.41) is 0. The van der Waals surface area contributed by atoms with Crippen molar-refractivity contribution in [3.8, 4) is 0 Å².